The minimum absolute atomic E-state index is 0.261. The molecule has 4 aromatic rings. The van der Waals surface area contributed by atoms with Gasteiger partial charge in [-0.15, -0.1) is 0 Å². The van der Waals surface area contributed by atoms with Gasteiger partial charge in [0.25, 0.3) is 9.76 Å². The summed E-state index contributed by atoms with van der Waals surface area (Å²) < 4.78 is 5.80. The van der Waals surface area contributed by atoms with Gasteiger partial charge in [-0.3, -0.25) is 0 Å². The molecule has 0 spiro atoms. The highest BCUT2D eigenvalue weighted by Crippen LogP contribution is 2.34. The number of hydrogen-bond acceptors (Lipinski definition) is 1. The summed E-state index contributed by atoms with van der Waals surface area (Å²) in [4.78, 5) is 0. The first kappa shape index (κ1) is 14.4. The van der Waals surface area contributed by atoms with Gasteiger partial charge in [-0.05, 0) is 51.4 Å². The van der Waals surface area contributed by atoms with Crippen LogP contribution >= 0.6 is 0 Å². The van der Waals surface area contributed by atoms with Crippen LogP contribution in [0, 0.1) is 0 Å². The lowest BCUT2D eigenvalue weighted by Gasteiger charge is -2.12. The Morgan fingerprint density at radius 3 is 1.65 bits per heavy atom. The van der Waals surface area contributed by atoms with Crippen LogP contribution in [0.2, 0.25) is 0 Å². The third-order valence-electron chi connectivity index (χ3n) is 4.16. The predicted molar refractivity (Wildman–Crippen MR) is 101 cm³/mol. The Kier molecular flexibility index (Phi) is 3.64. The predicted octanol–water partition coefficient (Wildman–Crippen LogP) is 4.82. The van der Waals surface area contributed by atoms with Gasteiger partial charge < -0.3 is 4.43 Å². The lowest BCUT2D eigenvalue weighted by molar-refractivity contribution is 0.260. The number of rotatable bonds is 3. The van der Waals surface area contributed by atoms with Crippen LogP contribution < -0.4 is 5.19 Å². The number of fused-ring (bicyclic) bond motifs is 6. The highest BCUT2D eigenvalue weighted by Gasteiger charge is 2.09. The summed E-state index contributed by atoms with van der Waals surface area (Å²) in [6.07, 6.45) is 0.261. The summed E-state index contributed by atoms with van der Waals surface area (Å²) >= 11 is 0. The van der Waals surface area contributed by atoms with E-state index in [1.165, 1.54) is 37.5 Å². The zero-order chi connectivity index (χ0) is 15.8. The minimum Gasteiger partial charge on any atom is -0.409 e. The molecule has 0 aliphatic rings. The molecule has 0 saturated carbocycles. The second kappa shape index (κ2) is 5.80. The van der Waals surface area contributed by atoms with E-state index < -0.39 is 0 Å². The van der Waals surface area contributed by atoms with E-state index in [4.69, 9.17) is 4.43 Å². The molecule has 4 aromatic carbocycles. The molecule has 23 heavy (non-hydrogen) atoms. The Balaban J connectivity index is 2.04. The van der Waals surface area contributed by atoms with E-state index in [-0.39, 0.29) is 6.10 Å². The van der Waals surface area contributed by atoms with Gasteiger partial charge in [-0.25, -0.2) is 0 Å². The zero-order valence-corrected chi connectivity index (χ0v) is 14.3. The molecule has 0 fully saturated rings. The summed E-state index contributed by atoms with van der Waals surface area (Å²) in [6, 6.07) is 24.1. The normalized spacial score (nSPS) is 11.8. The van der Waals surface area contributed by atoms with Crippen LogP contribution in [-0.4, -0.2) is 15.9 Å². The van der Waals surface area contributed by atoms with Crippen molar-refractivity contribution in [2.45, 2.75) is 20.0 Å². The highest BCUT2D eigenvalue weighted by molar-refractivity contribution is 6.48. The molecule has 0 aliphatic carbocycles. The highest BCUT2D eigenvalue weighted by atomic mass is 28.2. The fraction of sp³-hybridized carbons (Fsp3) is 0.143. The van der Waals surface area contributed by atoms with Crippen molar-refractivity contribution in [2.75, 3.05) is 0 Å². The van der Waals surface area contributed by atoms with Crippen LogP contribution in [0.4, 0.5) is 0 Å². The largest absolute Gasteiger partial charge is 0.409 e. The average molecular weight is 314 g/mol. The average Bonchev–Trinajstić information content (AvgIpc) is 2.60. The zero-order valence-electron chi connectivity index (χ0n) is 13.3. The molecule has 0 unspecified atom stereocenters. The summed E-state index contributed by atoms with van der Waals surface area (Å²) in [5.41, 5.74) is 0. The van der Waals surface area contributed by atoms with Crippen LogP contribution in [0.25, 0.3) is 32.3 Å². The van der Waals surface area contributed by atoms with Crippen molar-refractivity contribution in [1.82, 2.24) is 0 Å². The van der Waals surface area contributed by atoms with E-state index >= 15 is 0 Å². The molecular weight excluding hydrogens is 296 g/mol. The van der Waals surface area contributed by atoms with Gasteiger partial charge in [-0.2, -0.15) is 0 Å². The van der Waals surface area contributed by atoms with Crippen LogP contribution in [0.1, 0.15) is 13.8 Å². The first-order chi connectivity index (χ1) is 11.2. The monoisotopic (exact) mass is 314 g/mol. The summed E-state index contributed by atoms with van der Waals surface area (Å²) in [5.74, 6) is 0. The van der Waals surface area contributed by atoms with E-state index in [9.17, 15) is 0 Å². The Bertz CT molecular complexity index is 969. The van der Waals surface area contributed by atoms with Gasteiger partial charge >= 0.3 is 0 Å². The first-order valence-corrected chi connectivity index (χ1v) is 8.90. The lowest BCUT2D eigenvalue weighted by Crippen LogP contribution is -2.20. The fourth-order valence-electron chi connectivity index (χ4n) is 3.16. The second-order valence-corrected chi connectivity index (χ2v) is 7.14. The molecule has 0 saturated heterocycles. The van der Waals surface area contributed by atoms with Crippen molar-refractivity contribution in [3.05, 3.63) is 66.7 Å². The molecule has 0 aliphatic heterocycles. The standard InChI is InChI=1S/C21H18OSi/c1-14(2)22-23-15-11-12-20-18-9-4-3-7-16(18)17-8-5-6-10-19(17)21(20)13-15/h3-14H,1-2H3. The Labute approximate surface area is 138 Å². The fourth-order valence-corrected chi connectivity index (χ4v) is 3.88. The Morgan fingerprint density at radius 1 is 0.652 bits per heavy atom. The van der Waals surface area contributed by atoms with Gasteiger partial charge in [0, 0.05) is 6.10 Å². The molecule has 0 N–H and O–H groups in total. The molecule has 2 radical (unpaired) electrons. The molecule has 2 heteroatoms. The first-order valence-electron chi connectivity index (χ1n) is 7.99. The lowest BCUT2D eigenvalue weighted by atomic mass is 9.94. The third kappa shape index (κ3) is 2.54. The van der Waals surface area contributed by atoms with Gasteiger partial charge in [0.05, 0.1) is 0 Å². The topological polar surface area (TPSA) is 9.23 Å². The molecule has 0 bridgehead atoms. The number of hydrogen-bond donors (Lipinski definition) is 0. The second-order valence-electron chi connectivity index (χ2n) is 6.12. The smallest absolute Gasteiger partial charge is 0.269 e. The molecule has 0 atom stereocenters. The maximum atomic E-state index is 5.80. The number of benzene rings is 4. The van der Waals surface area contributed by atoms with E-state index in [1.54, 1.807) is 0 Å². The SMILES string of the molecule is CC(C)O[Si]c1ccc2c3ccccc3c3ccccc3c2c1. The van der Waals surface area contributed by atoms with Crippen molar-refractivity contribution in [2.24, 2.45) is 0 Å². The van der Waals surface area contributed by atoms with Crippen LogP contribution in [0.15, 0.2) is 66.7 Å². The van der Waals surface area contributed by atoms with Gasteiger partial charge in [0.1, 0.15) is 0 Å². The molecule has 0 aromatic heterocycles. The summed E-state index contributed by atoms with van der Waals surface area (Å²) in [6.45, 7) is 4.16. The maximum Gasteiger partial charge on any atom is 0.269 e. The van der Waals surface area contributed by atoms with Gasteiger partial charge in [0.2, 0.25) is 0 Å². The van der Waals surface area contributed by atoms with Crippen molar-refractivity contribution in [3.8, 4) is 0 Å². The van der Waals surface area contributed by atoms with E-state index in [2.05, 4.69) is 80.6 Å². The van der Waals surface area contributed by atoms with E-state index in [1.807, 2.05) is 0 Å². The molecule has 0 heterocycles. The van der Waals surface area contributed by atoms with Crippen LogP contribution in [0.3, 0.4) is 0 Å². The Hall–Kier alpha value is -2.16. The quantitative estimate of drug-likeness (QED) is 0.389. The summed E-state index contributed by atoms with van der Waals surface area (Å²) in [5, 5.41) is 9.17. The maximum absolute atomic E-state index is 5.80. The Morgan fingerprint density at radius 2 is 1.13 bits per heavy atom. The molecular formula is C21H18OSi. The van der Waals surface area contributed by atoms with Gasteiger partial charge in [0.15, 0.2) is 0 Å². The minimum atomic E-state index is 0.261. The van der Waals surface area contributed by atoms with Crippen LogP contribution in [-0.2, 0) is 4.43 Å². The van der Waals surface area contributed by atoms with E-state index in [0.29, 0.717) is 9.76 Å². The molecule has 0 amide bonds. The van der Waals surface area contributed by atoms with Crippen molar-refractivity contribution >= 4 is 47.3 Å². The van der Waals surface area contributed by atoms with E-state index in [0.717, 1.165) is 0 Å². The van der Waals surface area contributed by atoms with Crippen molar-refractivity contribution in [3.63, 3.8) is 0 Å². The molecule has 1 nitrogen and oxygen atoms in total. The third-order valence-corrected chi connectivity index (χ3v) is 5.29. The molecule has 112 valence electrons. The summed E-state index contributed by atoms with van der Waals surface area (Å²) in [7, 11) is 0.396. The van der Waals surface area contributed by atoms with Crippen LogP contribution in [0.5, 0.6) is 0 Å². The molecule has 4 rings (SSSR count). The van der Waals surface area contributed by atoms with Gasteiger partial charge in [-0.1, -0.05) is 66.7 Å². The van der Waals surface area contributed by atoms with Crippen molar-refractivity contribution < 1.29 is 4.43 Å². The van der Waals surface area contributed by atoms with Crippen molar-refractivity contribution in [1.29, 1.82) is 0 Å².